The maximum atomic E-state index is 11.3. The summed E-state index contributed by atoms with van der Waals surface area (Å²) in [6.07, 6.45) is 0.198. The van der Waals surface area contributed by atoms with Gasteiger partial charge in [-0.1, -0.05) is 0 Å². The van der Waals surface area contributed by atoms with E-state index in [-0.39, 0.29) is 11.7 Å². The summed E-state index contributed by atoms with van der Waals surface area (Å²) >= 11 is 0. The van der Waals surface area contributed by atoms with E-state index >= 15 is 0 Å². The first-order valence-corrected chi connectivity index (χ1v) is 4.56. The molecule has 1 saturated heterocycles. The standard InChI is InChI=1S/C10H13NO4/c1-13-9-6-15-4-3-7(9)8(5-11)10(12)14-2/h9H,3-4,6H2,1-2H3/b8-7+. The van der Waals surface area contributed by atoms with Gasteiger partial charge < -0.3 is 14.2 Å². The van der Waals surface area contributed by atoms with Crippen LogP contribution < -0.4 is 0 Å². The van der Waals surface area contributed by atoms with E-state index in [4.69, 9.17) is 14.7 Å². The van der Waals surface area contributed by atoms with Gasteiger partial charge in [-0.15, -0.1) is 0 Å². The Morgan fingerprint density at radius 3 is 2.87 bits per heavy atom. The summed E-state index contributed by atoms with van der Waals surface area (Å²) in [5.74, 6) is -0.614. The summed E-state index contributed by atoms with van der Waals surface area (Å²) in [5, 5.41) is 8.89. The number of carbonyl (C=O) groups is 1. The molecule has 1 rings (SSSR count). The SMILES string of the molecule is COC(=O)/C(C#N)=C1\CCOCC1OC. The zero-order chi connectivity index (χ0) is 11.3. The molecule has 82 valence electrons. The lowest BCUT2D eigenvalue weighted by Crippen LogP contribution is -2.29. The maximum Gasteiger partial charge on any atom is 0.348 e. The van der Waals surface area contributed by atoms with Crippen LogP contribution in [-0.4, -0.2) is 39.5 Å². The van der Waals surface area contributed by atoms with Crippen LogP contribution in [0, 0.1) is 11.3 Å². The summed E-state index contributed by atoms with van der Waals surface area (Å²) in [5.41, 5.74) is 0.700. The van der Waals surface area contributed by atoms with Gasteiger partial charge >= 0.3 is 5.97 Å². The average molecular weight is 211 g/mol. The van der Waals surface area contributed by atoms with Crippen molar-refractivity contribution in [1.29, 1.82) is 5.26 Å². The van der Waals surface area contributed by atoms with Gasteiger partial charge in [-0.25, -0.2) is 4.79 Å². The number of methoxy groups -OCH3 is 2. The van der Waals surface area contributed by atoms with E-state index in [1.54, 1.807) is 0 Å². The van der Waals surface area contributed by atoms with Gasteiger partial charge in [-0.3, -0.25) is 0 Å². The van der Waals surface area contributed by atoms with Crippen molar-refractivity contribution in [2.45, 2.75) is 12.5 Å². The summed E-state index contributed by atoms with van der Waals surface area (Å²) < 4.78 is 14.9. The quantitative estimate of drug-likeness (QED) is 0.376. The highest BCUT2D eigenvalue weighted by Crippen LogP contribution is 2.21. The monoisotopic (exact) mass is 211 g/mol. The van der Waals surface area contributed by atoms with Crippen molar-refractivity contribution in [3.8, 4) is 6.07 Å². The average Bonchev–Trinajstić information content (AvgIpc) is 2.30. The molecule has 0 N–H and O–H groups in total. The van der Waals surface area contributed by atoms with Gasteiger partial charge in [-0.2, -0.15) is 5.26 Å². The van der Waals surface area contributed by atoms with E-state index in [1.165, 1.54) is 14.2 Å². The maximum absolute atomic E-state index is 11.3. The number of ether oxygens (including phenoxy) is 3. The largest absolute Gasteiger partial charge is 0.465 e. The molecule has 0 aliphatic carbocycles. The number of hydrogen-bond donors (Lipinski definition) is 0. The van der Waals surface area contributed by atoms with Crippen molar-refractivity contribution in [2.24, 2.45) is 0 Å². The molecule has 0 aromatic carbocycles. The first-order valence-electron chi connectivity index (χ1n) is 4.56. The minimum Gasteiger partial charge on any atom is -0.465 e. The highest BCUT2D eigenvalue weighted by atomic mass is 16.5. The summed E-state index contributed by atoms with van der Waals surface area (Å²) in [4.78, 5) is 11.3. The van der Waals surface area contributed by atoms with E-state index < -0.39 is 5.97 Å². The van der Waals surface area contributed by atoms with Gasteiger partial charge in [0.1, 0.15) is 17.7 Å². The van der Waals surface area contributed by atoms with Crippen LogP contribution in [0.15, 0.2) is 11.1 Å². The number of nitriles is 1. The van der Waals surface area contributed by atoms with E-state index in [9.17, 15) is 4.79 Å². The molecule has 1 unspecified atom stereocenters. The van der Waals surface area contributed by atoms with Crippen LogP contribution in [0.1, 0.15) is 6.42 Å². The van der Waals surface area contributed by atoms with Gasteiger partial charge in [-0.05, 0) is 12.0 Å². The first kappa shape index (κ1) is 11.7. The van der Waals surface area contributed by atoms with Crippen molar-refractivity contribution in [1.82, 2.24) is 0 Å². The molecule has 0 aromatic rings. The zero-order valence-electron chi connectivity index (χ0n) is 8.78. The Morgan fingerprint density at radius 1 is 1.60 bits per heavy atom. The molecule has 0 bridgehead atoms. The predicted octanol–water partition coefficient (Wildman–Crippen LogP) is 0.415. The third-order valence-electron chi connectivity index (χ3n) is 2.28. The molecule has 1 aliphatic rings. The lowest BCUT2D eigenvalue weighted by Gasteiger charge is -2.24. The molecule has 1 aliphatic heterocycles. The van der Waals surface area contributed by atoms with Crippen molar-refractivity contribution >= 4 is 5.97 Å². The molecule has 0 aromatic heterocycles. The fraction of sp³-hybridized carbons (Fsp3) is 0.600. The third kappa shape index (κ3) is 2.55. The Labute approximate surface area is 88.2 Å². The highest BCUT2D eigenvalue weighted by molar-refractivity contribution is 5.93. The topological polar surface area (TPSA) is 68.6 Å². The van der Waals surface area contributed by atoms with Crippen molar-refractivity contribution in [3.63, 3.8) is 0 Å². The molecule has 0 amide bonds. The predicted molar refractivity (Wildman–Crippen MR) is 50.9 cm³/mol. The van der Waals surface area contributed by atoms with E-state index in [0.717, 1.165) is 0 Å². The number of carbonyl (C=O) groups excluding carboxylic acids is 1. The van der Waals surface area contributed by atoms with Crippen molar-refractivity contribution in [2.75, 3.05) is 27.4 Å². The van der Waals surface area contributed by atoms with Crippen LogP contribution in [-0.2, 0) is 19.0 Å². The molecular weight excluding hydrogens is 198 g/mol. The van der Waals surface area contributed by atoms with Gasteiger partial charge in [0, 0.05) is 7.11 Å². The van der Waals surface area contributed by atoms with Gasteiger partial charge in [0.05, 0.1) is 20.3 Å². The Bertz CT molecular complexity index is 316. The van der Waals surface area contributed by atoms with Crippen LogP contribution >= 0.6 is 0 Å². The molecule has 0 saturated carbocycles. The van der Waals surface area contributed by atoms with Crippen LogP contribution in [0.5, 0.6) is 0 Å². The van der Waals surface area contributed by atoms with E-state index in [0.29, 0.717) is 25.2 Å². The number of hydrogen-bond acceptors (Lipinski definition) is 5. The fourth-order valence-electron chi connectivity index (χ4n) is 1.48. The summed E-state index contributed by atoms with van der Waals surface area (Å²) in [7, 11) is 2.77. The number of esters is 1. The number of rotatable bonds is 2. The summed E-state index contributed by atoms with van der Waals surface area (Å²) in [6, 6.07) is 1.86. The molecule has 5 nitrogen and oxygen atoms in total. The zero-order valence-corrected chi connectivity index (χ0v) is 8.78. The minimum absolute atomic E-state index is 0.0349. The third-order valence-corrected chi connectivity index (χ3v) is 2.28. The second-order valence-corrected chi connectivity index (χ2v) is 3.05. The fourth-order valence-corrected chi connectivity index (χ4v) is 1.48. The molecule has 1 fully saturated rings. The lowest BCUT2D eigenvalue weighted by molar-refractivity contribution is -0.135. The highest BCUT2D eigenvalue weighted by Gasteiger charge is 2.26. The summed E-state index contributed by atoms with van der Waals surface area (Å²) in [6.45, 7) is 0.866. The smallest absolute Gasteiger partial charge is 0.348 e. The van der Waals surface area contributed by atoms with Crippen LogP contribution in [0.25, 0.3) is 0 Å². The van der Waals surface area contributed by atoms with Crippen LogP contribution in [0.3, 0.4) is 0 Å². The second kappa shape index (κ2) is 5.49. The van der Waals surface area contributed by atoms with Crippen LogP contribution in [0.2, 0.25) is 0 Å². The Kier molecular flexibility index (Phi) is 4.28. The van der Waals surface area contributed by atoms with E-state index in [2.05, 4.69) is 4.74 Å². The van der Waals surface area contributed by atoms with Crippen molar-refractivity contribution < 1.29 is 19.0 Å². The number of nitrogens with zero attached hydrogens (tertiary/aromatic N) is 1. The lowest BCUT2D eigenvalue weighted by atomic mass is 9.99. The molecule has 1 atom stereocenters. The molecule has 15 heavy (non-hydrogen) atoms. The van der Waals surface area contributed by atoms with Crippen molar-refractivity contribution in [3.05, 3.63) is 11.1 Å². The normalized spacial score (nSPS) is 24.2. The molecule has 0 spiro atoms. The molecule has 5 heteroatoms. The second-order valence-electron chi connectivity index (χ2n) is 3.05. The first-order chi connectivity index (χ1) is 7.24. The van der Waals surface area contributed by atoms with Gasteiger partial charge in [0.15, 0.2) is 0 Å². The Balaban J connectivity index is 3.01. The van der Waals surface area contributed by atoms with E-state index in [1.807, 2.05) is 6.07 Å². The Hall–Kier alpha value is -1.38. The minimum atomic E-state index is -0.614. The molecular formula is C10H13NO4. The molecule has 0 radical (unpaired) electrons. The van der Waals surface area contributed by atoms with Gasteiger partial charge in [0.25, 0.3) is 0 Å². The van der Waals surface area contributed by atoms with Gasteiger partial charge in [0.2, 0.25) is 0 Å². The van der Waals surface area contributed by atoms with Crippen LogP contribution in [0.4, 0.5) is 0 Å². The Morgan fingerprint density at radius 2 is 2.33 bits per heavy atom. The molecule has 1 heterocycles.